The van der Waals surface area contributed by atoms with Gasteiger partial charge in [-0.1, -0.05) is 12.2 Å². The first-order valence-corrected chi connectivity index (χ1v) is 6.59. The smallest absolute Gasteiger partial charge is 0.150 e. The molecule has 20 heavy (non-hydrogen) atoms. The third-order valence-electron chi connectivity index (χ3n) is 4.48. The van der Waals surface area contributed by atoms with Crippen molar-refractivity contribution in [2.24, 2.45) is 16.8 Å². The molecule has 0 aromatic rings. The van der Waals surface area contributed by atoms with Crippen LogP contribution in [-0.4, -0.2) is 23.3 Å². The minimum absolute atomic E-state index is 0.0910. The van der Waals surface area contributed by atoms with Gasteiger partial charge < -0.3 is 4.90 Å². The highest BCUT2D eigenvalue weighted by Gasteiger charge is 2.49. The number of nitriles is 1. The second kappa shape index (κ2) is 3.89. The largest absolute Gasteiger partial charge is 0.345 e. The first kappa shape index (κ1) is 11.6. The summed E-state index contributed by atoms with van der Waals surface area (Å²) in [5, 5.41) is 8.95. The van der Waals surface area contributed by atoms with Crippen LogP contribution in [0.25, 0.3) is 0 Å². The maximum absolute atomic E-state index is 14.5. The average Bonchev–Trinajstić information content (AvgIpc) is 2.38. The fourth-order valence-electron chi connectivity index (χ4n) is 3.47. The number of hydrogen-bond acceptors (Lipinski definition) is 3. The van der Waals surface area contributed by atoms with Gasteiger partial charge in [0.05, 0.1) is 6.04 Å². The zero-order chi connectivity index (χ0) is 13.9. The number of piperidine rings is 1. The van der Waals surface area contributed by atoms with E-state index in [4.69, 9.17) is 5.26 Å². The summed E-state index contributed by atoms with van der Waals surface area (Å²) >= 11 is 0. The molecule has 2 aliphatic heterocycles. The molecule has 5 heteroatoms. The molecule has 0 N–H and O–H groups in total. The second-order valence-electron chi connectivity index (χ2n) is 5.37. The van der Waals surface area contributed by atoms with Crippen molar-refractivity contribution in [2.75, 3.05) is 6.54 Å². The molecule has 0 saturated carbocycles. The molecule has 1 saturated heterocycles. The lowest BCUT2D eigenvalue weighted by Gasteiger charge is -2.51. The molecule has 2 unspecified atom stereocenters. The number of allylic oxidation sites excluding steroid dienone is 3. The highest BCUT2D eigenvalue weighted by atomic mass is 19.1. The molecule has 4 rings (SSSR count). The summed E-state index contributed by atoms with van der Waals surface area (Å²) in [6.45, 7) is 0.669. The Hall–Kier alpha value is -2.22. The monoisotopic (exact) mass is 271 g/mol. The van der Waals surface area contributed by atoms with Gasteiger partial charge in [-0.05, 0) is 6.08 Å². The molecular weight excluding hydrogens is 260 g/mol. The maximum atomic E-state index is 14.5. The number of hydrogen-bond donors (Lipinski definition) is 0. The van der Waals surface area contributed by atoms with Crippen molar-refractivity contribution in [3.63, 3.8) is 0 Å². The minimum Gasteiger partial charge on any atom is -0.345 e. The summed E-state index contributed by atoms with van der Waals surface area (Å²) < 4.78 is 28.4. The van der Waals surface area contributed by atoms with E-state index in [0.29, 0.717) is 18.0 Å². The van der Waals surface area contributed by atoms with Crippen molar-refractivity contribution < 1.29 is 8.78 Å². The van der Waals surface area contributed by atoms with Gasteiger partial charge in [0.1, 0.15) is 23.3 Å². The van der Waals surface area contributed by atoms with E-state index in [1.54, 1.807) is 12.3 Å². The Morgan fingerprint density at radius 3 is 2.90 bits per heavy atom. The van der Waals surface area contributed by atoms with E-state index in [-0.39, 0.29) is 24.3 Å². The van der Waals surface area contributed by atoms with E-state index in [9.17, 15) is 8.78 Å². The summed E-state index contributed by atoms with van der Waals surface area (Å²) in [5.74, 6) is -0.964. The fraction of sp³-hybridized carbons (Fsp3) is 0.333. The van der Waals surface area contributed by atoms with Gasteiger partial charge in [-0.2, -0.15) is 5.26 Å². The van der Waals surface area contributed by atoms with E-state index in [1.807, 2.05) is 17.1 Å². The van der Waals surface area contributed by atoms with E-state index < -0.39 is 17.2 Å². The van der Waals surface area contributed by atoms with Crippen molar-refractivity contribution in [1.29, 1.82) is 5.26 Å². The van der Waals surface area contributed by atoms with Gasteiger partial charge in [0.15, 0.2) is 5.83 Å². The first-order valence-electron chi connectivity index (χ1n) is 6.59. The number of aliphatic imine (C=N–C) groups is 1. The Morgan fingerprint density at radius 1 is 1.35 bits per heavy atom. The minimum atomic E-state index is -0.737. The average molecular weight is 271 g/mol. The number of halogens is 2. The zero-order valence-electron chi connectivity index (χ0n) is 10.6. The molecule has 2 heterocycles. The maximum Gasteiger partial charge on any atom is 0.150 e. The van der Waals surface area contributed by atoms with Crippen molar-refractivity contribution in [1.82, 2.24) is 4.90 Å². The molecule has 2 aliphatic carbocycles. The van der Waals surface area contributed by atoms with Crippen LogP contribution in [-0.2, 0) is 0 Å². The van der Waals surface area contributed by atoms with Crippen LogP contribution in [0.3, 0.4) is 0 Å². The summed E-state index contributed by atoms with van der Waals surface area (Å²) in [6, 6.07) is 1.80. The molecule has 3 atom stereocenters. The van der Waals surface area contributed by atoms with Crippen LogP contribution in [0.2, 0.25) is 0 Å². The van der Waals surface area contributed by atoms with E-state index >= 15 is 0 Å². The Labute approximate surface area is 114 Å². The first-order chi connectivity index (χ1) is 9.72. The zero-order valence-corrected chi connectivity index (χ0v) is 10.6. The van der Waals surface area contributed by atoms with Crippen LogP contribution < -0.4 is 0 Å². The Kier molecular flexibility index (Phi) is 2.25. The van der Waals surface area contributed by atoms with E-state index in [2.05, 4.69) is 11.1 Å². The molecule has 3 nitrogen and oxygen atoms in total. The molecule has 100 valence electrons. The second-order valence-corrected chi connectivity index (χ2v) is 5.37. The third-order valence-corrected chi connectivity index (χ3v) is 4.48. The lowest BCUT2D eigenvalue weighted by atomic mass is 9.66. The third kappa shape index (κ3) is 1.29. The van der Waals surface area contributed by atoms with Gasteiger partial charge in [0, 0.05) is 36.6 Å². The van der Waals surface area contributed by atoms with Gasteiger partial charge in [-0.3, -0.25) is 0 Å². The molecule has 1 fully saturated rings. The molecule has 0 bridgehead atoms. The summed E-state index contributed by atoms with van der Waals surface area (Å²) in [5.41, 5.74) is -0.0619. The molecule has 0 aromatic carbocycles. The number of amidine groups is 1. The Balaban J connectivity index is 1.93. The number of fused-ring (bicyclic) bond motifs is 6. The van der Waals surface area contributed by atoms with Gasteiger partial charge in [-0.25, -0.2) is 13.8 Å². The molecule has 0 aromatic heterocycles. The SMILES string of the molecule is N#CC1=C(F)CC2C(=C1F)C1=NC=CCN1[C@@H]1C=CC21. The topological polar surface area (TPSA) is 39.4 Å². The number of rotatable bonds is 0. The van der Waals surface area contributed by atoms with Crippen LogP contribution in [0, 0.1) is 23.2 Å². The highest BCUT2D eigenvalue weighted by molar-refractivity contribution is 6.03. The molecule has 4 aliphatic rings. The molecular formula is C15H11F2N3. The van der Waals surface area contributed by atoms with Crippen LogP contribution in [0.4, 0.5) is 8.78 Å². The summed E-state index contributed by atoms with van der Waals surface area (Å²) in [6.07, 6.45) is 7.70. The van der Waals surface area contributed by atoms with E-state index in [0.717, 1.165) is 0 Å². The van der Waals surface area contributed by atoms with E-state index in [1.165, 1.54) is 0 Å². The van der Waals surface area contributed by atoms with Crippen molar-refractivity contribution >= 4 is 5.84 Å². The standard InChI is InChI=1S/C15H11F2N3/c16-11-6-9-8-2-3-12(8)20-5-1-4-19-15(20)13(9)14(17)10(11)7-18/h1-4,8-9,12H,5-6H2/t8?,9?,12-/m1/s1. The van der Waals surface area contributed by atoms with Gasteiger partial charge in [-0.15, -0.1) is 0 Å². The fourth-order valence-corrected chi connectivity index (χ4v) is 3.47. The van der Waals surface area contributed by atoms with Crippen molar-refractivity contribution in [2.45, 2.75) is 12.5 Å². The van der Waals surface area contributed by atoms with Gasteiger partial charge >= 0.3 is 0 Å². The van der Waals surface area contributed by atoms with Crippen molar-refractivity contribution in [3.05, 3.63) is 47.2 Å². The summed E-state index contributed by atoms with van der Waals surface area (Å²) in [7, 11) is 0. The number of nitrogens with zero attached hydrogens (tertiary/aromatic N) is 3. The van der Waals surface area contributed by atoms with Crippen LogP contribution in [0.15, 0.2) is 52.2 Å². The highest BCUT2D eigenvalue weighted by Crippen LogP contribution is 2.49. The quantitative estimate of drug-likeness (QED) is 0.635. The van der Waals surface area contributed by atoms with Gasteiger partial charge in [0.2, 0.25) is 0 Å². The lowest BCUT2D eigenvalue weighted by molar-refractivity contribution is 0.209. The lowest BCUT2D eigenvalue weighted by Crippen LogP contribution is -2.56. The van der Waals surface area contributed by atoms with Crippen LogP contribution in [0.5, 0.6) is 0 Å². The molecule has 0 radical (unpaired) electrons. The summed E-state index contributed by atoms with van der Waals surface area (Å²) in [4.78, 5) is 6.30. The molecule has 0 spiro atoms. The molecule has 0 amide bonds. The predicted octanol–water partition coefficient (Wildman–Crippen LogP) is 2.77. The normalized spacial score (nSPS) is 34.0. The Bertz CT molecular complexity index is 690. The Morgan fingerprint density at radius 2 is 2.20 bits per heavy atom. The van der Waals surface area contributed by atoms with Crippen LogP contribution in [0.1, 0.15) is 6.42 Å². The van der Waals surface area contributed by atoms with Crippen molar-refractivity contribution in [3.8, 4) is 6.07 Å². The van der Waals surface area contributed by atoms with Gasteiger partial charge in [0.25, 0.3) is 0 Å². The van der Waals surface area contributed by atoms with Crippen LogP contribution >= 0.6 is 0 Å². The predicted molar refractivity (Wildman–Crippen MR) is 69.7 cm³/mol.